The van der Waals surface area contributed by atoms with Crippen LogP contribution in [0.5, 0.6) is 5.88 Å². The van der Waals surface area contributed by atoms with E-state index in [2.05, 4.69) is 4.98 Å². The zero-order valence-corrected chi connectivity index (χ0v) is 8.31. The third-order valence-corrected chi connectivity index (χ3v) is 1.84. The molecule has 0 saturated carbocycles. The number of aromatic nitrogens is 1. The molecule has 78 valence electrons. The van der Waals surface area contributed by atoms with E-state index < -0.39 is 0 Å². The maximum Gasteiger partial charge on any atom is 0.213 e. The molecule has 0 aliphatic carbocycles. The number of aliphatic hydroxyl groups is 1. The Balaban J connectivity index is 2.55. The van der Waals surface area contributed by atoms with Crippen molar-refractivity contribution in [1.29, 1.82) is 0 Å². The Morgan fingerprint density at radius 2 is 2.43 bits per heavy atom. The number of hydrogen-bond donors (Lipinski definition) is 2. The van der Waals surface area contributed by atoms with Crippen molar-refractivity contribution in [3.8, 4) is 5.88 Å². The summed E-state index contributed by atoms with van der Waals surface area (Å²) in [5.41, 5.74) is 6.71. The lowest BCUT2D eigenvalue weighted by atomic mass is 10.1. The first kappa shape index (κ1) is 10.9. The number of rotatable bonds is 5. The Morgan fingerprint density at radius 3 is 3.07 bits per heavy atom. The highest BCUT2D eigenvalue weighted by Gasteiger charge is 2.01. The Morgan fingerprint density at radius 1 is 1.64 bits per heavy atom. The molecule has 0 aliphatic heterocycles. The van der Waals surface area contributed by atoms with Gasteiger partial charge in [0.25, 0.3) is 0 Å². The average molecular weight is 196 g/mol. The molecule has 0 unspecified atom stereocenters. The smallest absolute Gasteiger partial charge is 0.213 e. The Bertz CT molecular complexity index is 277. The molecule has 0 radical (unpaired) electrons. The monoisotopic (exact) mass is 196 g/mol. The Labute approximate surface area is 83.7 Å². The lowest BCUT2D eigenvalue weighted by Gasteiger charge is -2.08. The number of pyridine rings is 1. The normalized spacial score (nSPS) is 12.5. The summed E-state index contributed by atoms with van der Waals surface area (Å²) in [6, 6.07) is 3.67. The molecule has 1 atom stereocenters. The van der Waals surface area contributed by atoms with E-state index in [1.165, 1.54) is 0 Å². The summed E-state index contributed by atoms with van der Waals surface area (Å²) in [6.45, 7) is 2.52. The molecular weight excluding hydrogens is 180 g/mol. The van der Waals surface area contributed by atoms with Gasteiger partial charge in [-0.3, -0.25) is 0 Å². The van der Waals surface area contributed by atoms with Gasteiger partial charge in [0.15, 0.2) is 0 Å². The van der Waals surface area contributed by atoms with E-state index in [-0.39, 0.29) is 12.6 Å². The molecule has 4 heteroatoms. The van der Waals surface area contributed by atoms with Gasteiger partial charge >= 0.3 is 0 Å². The molecule has 0 aromatic carbocycles. The van der Waals surface area contributed by atoms with E-state index in [9.17, 15) is 0 Å². The van der Waals surface area contributed by atoms with Gasteiger partial charge < -0.3 is 15.6 Å². The largest absolute Gasteiger partial charge is 0.478 e. The van der Waals surface area contributed by atoms with Crippen LogP contribution in [0.15, 0.2) is 18.3 Å². The number of nitrogens with zero attached hydrogens (tertiary/aromatic N) is 1. The lowest BCUT2D eigenvalue weighted by Crippen LogP contribution is -2.06. The van der Waals surface area contributed by atoms with Crippen LogP contribution in [0.2, 0.25) is 0 Å². The van der Waals surface area contributed by atoms with Gasteiger partial charge in [-0.05, 0) is 18.6 Å². The van der Waals surface area contributed by atoms with Crippen molar-refractivity contribution >= 4 is 0 Å². The molecule has 0 saturated heterocycles. The highest BCUT2D eigenvalue weighted by atomic mass is 16.5. The quantitative estimate of drug-likeness (QED) is 0.685. The number of nitrogens with two attached hydrogens (primary N) is 1. The van der Waals surface area contributed by atoms with E-state index >= 15 is 0 Å². The maximum atomic E-state index is 8.57. The summed E-state index contributed by atoms with van der Waals surface area (Å²) >= 11 is 0. The van der Waals surface area contributed by atoms with E-state index in [1.54, 1.807) is 6.20 Å². The van der Waals surface area contributed by atoms with Crippen molar-refractivity contribution in [2.75, 3.05) is 13.2 Å². The van der Waals surface area contributed by atoms with Crippen LogP contribution in [-0.2, 0) is 0 Å². The minimum Gasteiger partial charge on any atom is -0.478 e. The van der Waals surface area contributed by atoms with Crippen LogP contribution < -0.4 is 10.5 Å². The maximum absolute atomic E-state index is 8.57. The van der Waals surface area contributed by atoms with Gasteiger partial charge in [-0.15, -0.1) is 0 Å². The first-order chi connectivity index (χ1) is 6.74. The van der Waals surface area contributed by atoms with Gasteiger partial charge in [0.1, 0.15) is 0 Å². The fourth-order valence-corrected chi connectivity index (χ4v) is 1.03. The van der Waals surface area contributed by atoms with Crippen molar-refractivity contribution in [3.63, 3.8) is 0 Å². The lowest BCUT2D eigenvalue weighted by molar-refractivity contribution is 0.229. The van der Waals surface area contributed by atoms with E-state index in [0.29, 0.717) is 18.9 Å². The predicted octanol–water partition coefficient (Wildman–Crippen LogP) is 0.863. The summed E-state index contributed by atoms with van der Waals surface area (Å²) in [5.74, 6) is 0.563. The summed E-state index contributed by atoms with van der Waals surface area (Å²) < 4.78 is 5.31. The Kier molecular flexibility index (Phi) is 4.35. The molecule has 0 amide bonds. The van der Waals surface area contributed by atoms with Crippen LogP contribution in [0, 0.1) is 0 Å². The second-order valence-corrected chi connectivity index (χ2v) is 3.14. The molecule has 0 bridgehead atoms. The van der Waals surface area contributed by atoms with Gasteiger partial charge in [0.2, 0.25) is 5.88 Å². The first-order valence-corrected chi connectivity index (χ1v) is 4.69. The molecule has 0 aliphatic rings. The van der Waals surface area contributed by atoms with Gasteiger partial charge in [0.05, 0.1) is 6.61 Å². The number of ether oxygens (including phenoxy) is 1. The number of aliphatic hydroxyl groups excluding tert-OH is 1. The molecule has 0 fully saturated rings. The van der Waals surface area contributed by atoms with Gasteiger partial charge in [-0.2, -0.15) is 0 Å². The summed E-state index contributed by atoms with van der Waals surface area (Å²) in [6.07, 6.45) is 2.29. The second kappa shape index (κ2) is 5.57. The second-order valence-electron chi connectivity index (χ2n) is 3.14. The van der Waals surface area contributed by atoms with E-state index in [1.807, 2.05) is 19.1 Å². The van der Waals surface area contributed by atoms with Crippen LogP contribution in [-0.4, -0.2) is 23.3 Å². The van der Waals surface area contributed by atoms with Crippen LogP contribution in [0.3, 0.4) is 0 Å². The molecular formula is C10H16N2O2. The summed E-state index contributed by atoms with van der Waals surface area (Å²) in [7, 11) is 0. The SMILES string of the molecule is C[C@@H](N)c1ccnc(OCCCO)c1. The minimum absolute atomic E-state index is 0.0156. The van der Waals surface area contributed by atoms with Crippen LogP contribution >= 0.6 is 0 Å². The molecule has 1 heterocycles. The van der Waals surface area contributed by atoms with Crippen LogP contribution in [0.25, 0.3) is 0 Å². The molecule has 0 spiro atoms. The molecule has 4 nitrogen and oxygen atoms in total. The van der Waals surface area contributed by atoms with Crippen molar-refractivity contribution in [3.05, 3.63) is 23.9 Å². The highest BCUT2D eigenvalue weighted by Crippen LogP contribution is 2.14. The molecule has 3 N–H and O–H groups in total. The zero-order valence-electron chi connectivity index (χ0n) is 8.31. The standard InChI is InChI=1S/C10H16N2O2/c1-8(11)9-3-4-12-10(7-9)14-6-2-5-13/h3-4,7-8,13H,2,5-6,11H2,1H3/t8-/m1/s1. The molecule has 14 heavy (non-hydrogen) atoms. The van der Waals surface area contributed by atoms with Crippen molar-refractivity contribution < 1.29 is 9.84 Å². The van der Waals surface area contributed by atoms with Crippen molar-refractivity contribution in [1.82, 2.24) is 4.98 Å². The zero-order chi connectivity index (χ0) is 10.4. The van der Waals surface area contributed by atoms with E-state index in [4.69, 9.17) is 15.6 Å². The minimum atomic E-state index is -0.0156. The average Bonchev–Trinajstić information content (AvgIpc) is 2.19. The van der Waals surface area contributed by atoms with Gasteiger partial charge in [-0.1, -0.05) is 0 Å². The molecule has 1 rings (SSSR count). The van der Waals surface area contributed by atoms with Crippen LogP contribution in [0.1, 0.15) is 24.9 Å². The van der Waals surface area contributed by atoms with Gasteiger partial charge in [-0.25, -0.2) is 4.98 Å². The third kappa shape index (κ3) is 3.32. The predicted molar refractivity (Wildman–Crippen MR) is 54.0 cm³/mol. The number of hydrogen-bond acceptors (Lipinski definition) is 4. The molecule has 1 aromatic heterocycles. The van der Waals surface area contributed by atoms with Crippen molar-refractivity contribution in [2.24, 2.45) is 5.73 Å². The Hall–Kier alpha value is -1.13. The van der Waals surface area contributed by atoms with Crippen LogP contribution in [0.4, 0.5) is 0 Å². The molecule has 1 aromatic rings. The summed E-state index contributed by atoms with van der Waals surface area (Å²) in [4.78, 5) is 4.03. The highest BCUT2D eigenvalue weighted by molar-refractivity contribution is 5.22. The topological polar surface area (TPSA) is 68.4 Å². The fourth-order valence-electron chi connectivity index (χ4n) is 1.03. The fraction of sp³-hybridized carbons (Fsp3) is 0.500. The summed E-state index contributed by atoms with van der Waals surface area (Å²) in [5, 5.41) is 8.57. The first-order valence-electron chi connectivity index (χ1n) is 4.69. The third-order valence-electron chi connectivity index (χ3n) is 1.84. The van der Waals surface area contributed by atoms with Gasteiger partial charge in [0, 0.05) is 31.3 Å². The van der Waals surface area contributed by atoms with Crippen molar-refractivity contribution in [2.45, 2.75) is 19.4 Å². The van der Waals surface area contributed by atoms with E-state index in [0.717, 1.165) is 5.56 Å².